The van der Waals surface area contributed by atoms with E-state index >= 15 is 0 Å². The van der Waals surface area contributed by atoms with Gasteiger partial charge in [-0.1, -0.05) is 24.3 Å². The summed E-state index contributed by atoms with van der Waals surface area (Å²) in [4.78, 5) is 22.7. The first kappa shape index (κ1) is 19.9. The molecule has 2 N–H and O–H groups in total. The number of likely N-dealkylation sites (tertiary alicyclic amines) is 1. The van der Waals surface area contributed by atoms with Gasteiger partial charge in [0.15, 0.2) is 5.96 Å². The van der Waals surface area contributed by atoms with Crippen molar-refractivity contribution in [2.75, 3.05) is 26.2 Å². The number of carbonyl (C=O) groups excluding carboxylic acids is 1. The number of hydrogen-bond acceptors (Lipinski definition) is 3. The Kier molecular flexibility index (Phi) is 7.41. The van der Waals surface area contributed by atoms with Crippen molar-refractivity contribution >= 4 is 11.9 Å². The molecule has 6 nitrogen and oxygen atoms in total. The lowest BCUT2D eigenvalue weighted by Crippen LogP contribution is -2.39. The Balaban J connectivity index is 1.53. The number of pyridine rings is 1. The predicted octanol–water partition coefficient (Wildman–Crippen LogP) is 2.82. The van der Waals surface area contributed by atoms with Crippen LogP contribution in [0.3, 0.4) is 0 Å². The van der Waals surface area contributed by atoms with Gasteiger partial charge in [-0.25, -0.2) is 4.99 Å². The van der Waals surface area contributed by atoms with Gasteiger partial charge in [0.25, 0.3) is 0 Å². The molecule has 1 aromatic heterocycles. The number of hydrogen-bond donors (Lipinski definition) is 2. The Morgan fingerprint density at radius 2 is 2.14 bits per heavy atom. The second-order valence-corrected chi connectivity index (χ2v) is 6.88. The van der Waals surface area contributed by atoms with Crippen LogP contribution < -0.4 is 10.6 Å². The fraction of sp³-hybridized carbons (Fsp3) is 0.409. The molecule has 0 spiro atoms. The van der Waals surface area contributed by atoms with Crippen LogP contribution in [0.1, 0.15) is 31.7 Å². The Morgan fingerprint density at radius 3 is 2.89 bits per heavy atom. The highest BCUT2D eigenvalue weighted by atomic mass is 16.2. The summed E-state index contributed by atoms with van der Waals surface area (Å²) < 4.78 is 0. The van der Waals surface area contributed by atoms with Crippen molar-refractivity contribution in [2.45, 2.75) is 32.7 Å². The largest absolute Gasteiger partial charge is 0.357 e. The van der Waals surface area contributed by atoms with E-state index in [2.05, 4.69) is 40.7 Å². The molecule has 6 heteroatoms. The second kappa shape index (κ2) is 10.4. The molecule has 2 heterocycles. The van der Waals surface area contributed by atoms with E-state index in [1.807, 2.05) is 35.4 Å². The van der Waals surface area contributed by atoms with Crippen LogP contribution in [0, 0.1) is 0 Å². The number of carbonyl (C=O) groups is 1. The molecule has 2 aromatic rings. The molecule has 1 saturated heterocycles. The maximum atomic E-state index is 11.7. The Labute approximate surface area is 167 Å². The zero-order valence-electron chi connectivity index (χ0n) is 16.5. The molecule has 0 aliphatic carbocycles. The van der Waals surface area contributed by atoms with E-state index in [4.69, 9.17) is 4.99 Å². The number of benzene rings is 1. The molecule has 1 aliphatic rings. The minimum Gasteiger partial charge on any atom is -0.357 e. The highest BCUT2D eigenvalue weighted by molar-refractivity contribution is 5.80. The smallest absolute Gasteiger partial charge is 0.222 e. The summed E-state index contributed by atoms with van der Waals surface area (Å²) in [5.41, 5.74) is 3.21. The predicted molar refractivity (Wildman–Crippen MR) is 113 cm³/mol. The summed E-state index contributed by atoms with van der Waals surface area (Å²) in [5.74, 6) is 1.09. The number of amides is 1. The third-order valence-electron chi connectivity index (χ3n) is 4.72. The third-order valence-corrected chi connectivity index (χ3v) is 4.72. The Bertz CT molecular complexity index is 791. The third kappa shape index (κ3) is 5.81. The molecule has 28 heavy (non-hydrogen) atoms. The van der Waals surface area contributed by atoms with E-state index in [0.717, 1.165) is 61.8 Å². The van der Waals surface area contributed by atoms with Gasteiger partial charge in [0.05, 0.1) is 12.2 Å². The number of guanidine groups is 1. The molecular weight excluding hydrogens is 350 g/mol. The molecule has 1 fully saturated rings. The summed E-state index contributed by atoms with van der Waals surface area (Å²) in [6.45, 7) is 5.98. The SMILES string of the molecule is CCNC(=NCc1cccc(-c2ccccn2)c1)NCCCN1CCCC1=O. The fourth-order valence-corrected chi connectivity index (χ4v) is 3.29. The van der Waals surface area contributed by atoms with Gasteiger partial charge in [-0.2, -0.15) is 0 Å². The van der Waals surface area contributed by atoms with Crippen LogP contribution in [-0.4, -0.2) is 47.9 Å². The quantitative estimate of drug-likeness (QED) is 0.420. The van der Waals surface area contributed by atoms with Crippen LogP contribution in [0.25, 0.3) is 11.3 Å². The van der Waals surface area contributed by atoms with E-state index in [-0.39, 0.29) is 5.91 Å². The summed E-state index contributed by atoms with van der Waals surface area (Å²) in [5, 5.41) is 6.65. The van der Waals surface area contributed by atoms with Crippen LogP contribution in [-0.2, 0) is 11.3 Å². The molecule has 148 valence electrons. The summed E-state index contributed by atoms with van der Waals surface area (Å²) in [6.07, 6.45) is 4.43. The molecule has 0 saturated carbocycles. The van der Waals surface area contributed by atoms with Gasteiger partial charge in [0.1, 0.15) is 0 Å². The second-order valence-electron chi connectivity index (χ2n) is 6.88. The van der Waals surface area contributed by atoms with Crippen LogP contribution in [0.5, 0.6) is 0 Å². The van der Waals surface area contributed by atoms with Crippen LogP contribution in [0.2, 0.25) is 0 Å². The fourth-order valence-electron chi connectivity index (χ4n) is 3.29. The normalized spacial score (nSPS) is 14.4. The monoisotopic (exact) mass is 379 g/mol. The molecule has 0 atom stereocenters. The van der Waals surface area contributed by atoms with Crippen molar-refractivity contribution in [3.8, 4) is 11.3 Å². The minimum atomic E-state index is 0.286. The highest BCUT2D eigenvalue weighted by Gasteiger charge is 2.18. The Hall–Kier alpha value is -2.89. The summed E-state index contributed by atoms with van der Waals surface area (Å²) in [7, 11) is 0. The first-order valence-electron chi connectivity index (χ1n) is 10.1. The number of aromatic nitrogens is 1. The average Bonchev–Trinajstić information content (AvgIpc) is 3.15. The first-order chi connectivity index (χ1) is 13.8. The van der Waals surface area contributed by atoms with Crippen molar-refractivity contribution < 1.29 is 4.79 Å². The summed E-state index contributed by atoms with van der Waals surface area (Å²) >= 11 is 0. The van der Waals surface area contributed by atoms with Crippen LogP contribution in [0.4, 0.5) is 0 Å². The maximum absolute atomic E-state index is 11.7. The topological polar surface area (TPSA) is 69.6 Å². The molecule has 1 amide bonds. The van der Waals surface area contributed by atoms with Crippen molar-refractivity contribution in [1.82, 2.24) is 20.5 Å². The minimum absolute atomic E-state index is 0.286. The van der Waals surface area contributed by atoms with Crippen molar-refractivity contribution in [3.05, 3.63) is 54.2 Å². The van der Waals surface area contributed by atoms with Crippen LogP contribution in [0.15, 0.2) is 53.7 Å². The Morgan fingerprint density at radius 1 is 1.21 bits per heavy atom. The number of nitrogens with one attached hydrogen (secondary N) is 2. The molecule has 1 aromatic carbocycles. The average molecular weight is 380 g/mol. The van der Waals surface area contributed by atoms with Gasteiger partial charge in [-0.3, -0.25) is 9.78 Å². The van der Waals surface area contributed by atoms with E-state index in [1.165, 1.54) is 0 Å². The van der Waals surface area contributed by atoms with Gasteiger partial charge in [-0.05, 0) is 43.5 Å². The van der Waals surface area contributed by atoms with Gasteiger partial charge in [0.2, 0.25) is 5.91 Å². The zero-order chi connectivity index (χ0) is 19.6. The molecule has 1 aliphatic heterocycles. The van der Waals surface area contributed by atoms with E-state index in [9.17, 15) is 4.79 Å². The van der Waals surface area contributed by atoms with Gasteiger partial charge >= 0.3 is 0 Å². The van der Waals surface area contributed by atoms with Crippen LogP contribution >= 0.6 is 0 Å². The molecule has 0 unspecified atom stereocenters. The van der Waals surface area contributed by atoms with Gasteiger partial charge < -0.3 is 15.5 Å². The van der Waals surface area contributed by atoms with Gasteiger partial charge in [0, 0.05) is 44.4 Å². The summed E-state index contributed by atoms with van der Waals surface area (Å²) in [6, 6.07) is 14.3. The molecule has 0 radical (unpaired) electrons. The van der Waals surface area contributed by atoms with Crippen molar-refractivity contribution in [1.29, 1.82) is 0 Å². The maximum Gasteiger partial charge on any atom is 0.222 e. The number of nitrogens with zero attached hydrogens (tertiary/aromatic N) is 3. The zero-order valence-corrected chi connectivity index (χ0v) is 16.5. The molecule has 0 bridgehead atoms. The van der Waals surface area contributed by atoms with Crippen molar-refractivity contribution in [3.63, 3.8) is 0 Å². The lowest BCUT2D eigenvalue weighted by molar-refractivity contribution is -0.127. The lowest BCUT2D eigenvalue weighted by Gasteiger charge is -2.16. The van der Waals surface area contributed by atoms with Crippen molar-refractivity contribution in [2.24, 2.45) is 4.99 Å². The van der Waals surface area contributed by atoms with E-state index in [0.29, 0.717) is 13.0 Å². The van der Waals surface area contributed by atoms with E-state index in [1.54, 1.807) is 0 Å². The highest BCUT2D eigenvalue weighted by Crippen LogP contribution is 2.18. The molecular formula is C22H29N5O. The standard InChI is InChI=1S/C22H29N5O/c1-2-23-22(25-13-7-15-27-14-6-11-21(27)28)26-17-18-8-5-9-19(16-18)20-10-3-4-12-24-20/h3-5,8-10,12,16H,2,6-7,11,13-15,17H2,1H3,(H2,23,25,26). The number of rotatable bonds is 8. The van der Waals surface area contributed by atoms with E-state index < -0.39 is 0 Å². The number of aliphatic imine (C=N–C) groups is 1. The molecule has 3 rings (SSSR count). The lowest BCUT2D eigenvalue weighted by atomic mass is 10.1. The van der Waals surface area contributed by atoms with Gasteiger partial charge in [-0.15, -0.1) is 0 Å². The first-order valence-corrected chi connectivity index (χ1v) is 10.1.